The Morgan fingerprint density at radius 2 is 1.96 bits per heavy atom. The number of nitrogens with two attached hydrogens (primary N) is 1. The molecular weight excluding hydrogens is 349 g/mol. The number of halogens is 2. The highest BCUT2D eigenvalue weighted by Crippen LogP contribution is 2.36. The largest absolute Gasteiger partial charge is 0.383 e. The minimum atomic E-state index is -0.324. The molecule has 0 saturated carbocycles. The summed E-state index contributed by atoms with van der Waals surface area (Å²) in [6.07, 6.45) is 1.54. The molecule has 6 nitrogen and oxygen atoms in total. The summed E-state index contributed by atoms with van der Waals surface area (Å²) in [5.74, 6) is 0.248. The van der Waals surface area contributed by atoms with Crippen LogP contribution in [-0.4, -0.2) is 20.7 Å². The van der Waals surface area contributed by atoms with E-state index in [0.717, 1.165) is 0 Å². The Bertz CT molecular complexity index is 923. The van der Waals surface area contributed by atoms with E-state index in [1.165, 1.54) is 4.68 Å². The van der Waals surface area contributed by atoms with Crippen molar-refractivity contribution in [2.24, 2.45) is 7.05 Å². The lowest BCUT2D eigenvalue weighted by Gasteiger charge is -2.11. The molecule has 2 aromatic heterocycles. The van der Waals surface area contributed by atoms with E-state index in [0.29, 0.717) is 32.7 Å². The molecule has 0 saturated heterocycles. The van der Waals surface area contributed by atoms with Crippen molar-refractivity contribution in [3.63, 3.8) is 0 Å². The number of aromatic nitrogens is 3. The number of nitrogens with zero attached hydrogens (tertiary/aromatic N) is 3. The standard InChI is InChI=1S/C16H13Cl2N5O/c1-23-12(7-8-20-23)16(24)22-13-6-5-10(15(19)21-13)9-3-2-4-11(17)14(9)18/h2-8H,1H3,(H3,19,21,22,24). The molecule has 0 unspecified atom stereocenters. The van der Waals surface area contributed by atoms with E-state index in [4.69, 9.17) is 28.9 Å². The summed E-state index contributed by atoms with van der Waals surface area (Å²) in [6, 6.07) is 10.3. The lowest BCUT2D eigenvalue weighted by molar-refractivity contribution is 0.101. The monoisotopic (exact) mass is 361 g/mol. The highest BCUT2D eigenvalue weighted by molar-refractivity contribution is 6.43. The van der Waals surface area contributed by atoms with Gasteiger partial charge in [0.1, 0.15) is 17.3 Å². The summed E-state index contributed by atoms with van der Waals surface area (Å²) in [6.45, 7) is 0. The van der Waals surface area contributed by atoms with Crippen LogP contribution in [0.25, 0.3) is 11.1 Å². The average molecular weight is 362 g/mol. The molecule has 122 valence electrons. The van der Waals surface area contributed by atoms with Gasteiger partial charge in [-0.15, -0.1) is 0 Å². The lowest BCUT2D eigenvalue weighted by Crippen LogP contribution is -2.17. The van der Waals surface area contributed by atoms with Crippen molar-refractivity contribution in [2.45, 2.75) is 0 Å². The maximum absolute atomic E-state index is 12.2. The highest BCUT2D eigenvalue weighted by Gasteiger charge is 2.14. The van der Waals surface area contributed by atoms with E-state index >= 15 is 0 Å². The first-order chi connectivity index (χ1) is 11.5. The number of benzene rings is 1. The fourth-order valence-electron chi connectivity index (χ4n) is 2.26. The molecule has 1 amide bonds. The molecule has 0 fully saturated rings. The van der Waals surface area contributed by atoms with Crippen LogP contribution in [0, 0.1) is 0 Å². The third kappa shape index (κ3) is 3.06. The van der Waals surface area contributed by atoms with Crippen LogP contribution in [0.15, 0.2) is 42.6 Å². The van der Waals surface area contributed by atoms with Crippen molar-refractivity contribution in [3.8, 4) is 11.1 Å². The Kier molecular flexibility index (Phi) is 4.42. The van der Waals surface area contributed by atoms with Crippen molar-refractivity contribution >= 4 is 40.7 Å². The fraction of sp³-hybridized carbons (Fsp3) is 0.0625. The smallest absolute Gasteiger partial charge is 0.275 e. The van der Waals surface area contributed by atoms with Gasteiger partial charge in [0.05, 0.1) is 10.0 Å². The predicted octanol–water partition coefficient (Wildman–Crippen LogP) is 3.62. The molecule has 3 N–H and O–H groups in total. The van der Waals surface area contributed by atoms with E-state index in [9.17, 15) is 4.79 Å². The molecule has 2 heterocycles. The molecular formula is C16H13Cl2N5O. The van der Waals surface area contributed by atoms with Crippen molar-refractivity contribution < 1.29 is 4.79 Å². The van der Waals surface area contributed by atoms with Gasteiger partial charge in [-0.05, 0) is 24.3 Å². The van der Waals surface area contributed by atoms with Gasteiger partial charge in [0.25, 0.3) is 5.91 Å². The zero-order valence-electron chi connectivity index (χ0n) is 12.6. The molecule has 24 heavy (non-hydrogen) atoms. The molecule has 0 aliphatic heterocycles. The van der Waals surface area contributed by atoms with Gasteiger partial charge < -0.3 is 11.1 Å². The van der Waals surface area contributed by atoms with Gasteiger partial charge in [0.2, 0.25) is 0 Å². The van der Waals surface area contributed by atoms with E-state index in [-0.39, 0.29) is 11.7 Å². The van der Waals surface area contributed by atoms with Crippen molar-refractivity contribution in [3.05, 3.63) is 58.3 Å². The van der Waals surface area contributed by atoms with Gasteiger partial charge in [-0.25, -0.2) is 4.98 Å². The second-order valence-electron chi connectivity index (χ2n) is 5.02. The zero-order valence-corrected chi connectivity index (χ0v) is 14.1. The van der Waals surface area contributed by atoms with Crippen LogP contribution in [-0.2, 0) is 7.05 Å². The molecule has 0 radical (unpaired) electrons. The second-order valence-corrected chi connectivity index (χ2v) is 5.81. The van der Waals surface area contributed by atoms with E-state index in [1.54, 1.807) is 49.6 Å². The third-order valence-electron chi connectivity index (χ3n) is 3.46. The number of nitrogen functional groups attached to an aromatic ring is 1. The maximum Gasteiger partial charge on any atom is 0.275 e. The minimum Gasteiger partial charge on any atom is -0.383 e. The Balaban J connectivity index is 1.89. The van der Waals surface area contributed by atoms with Crippen LogP contribution in [0.2, 0.25) is 10.0 Å². The number of nitrogens with one attached hydrogen (secondary N) is 1. The molecule has 0 bridgehead atoms. The number of carbonyl (C=O) groups is 1. The van der Waals surface area contributed by atoms with Crippen LogP contribution in [0.5, 0.6) is 0 Å². The van der Waals surface area contributed by atoms with Gasteiger partial charge in [-0.3, -0.25) is 9.48 Å². The average Bonchev–Trinajstić information content (AvgIpc) is 2.97. The van der Waals surface area contributed by atoms with E-state index < -0.39 is 0 Å². The molecule has 0 atom stereocenters. The zero-order chi connectivity index (χ0) is 17.3. The SMILES string of the molecule is Cn1nccc1C(=O)Nc1ccc(-c2cccc(Cl)c2Cl)c(N)n1. The molecule has 0 spiro atoms. The molecule has 0 aliphatic rings. The van der Waals surface area contributed by atoms with Gasteiger partial charge in [-0.2, -0.15) is 5.10 Å². The Morgan fingerprint density at radius 3 is 2.62 bits per heavy atom. The van der Waals surface area contributed by atoms with Gasteiger partial charge in [0.15, 0.2) is 0 Å². The van der Waals surface area contributed by atoms with Crippen LogP contribution >= 0.6 is 23.2 Å². The fourth-order valence-corrected chi connectivity index (χ4v) is 2.66. The first-order valence-corrected chi connectivity index (χ1v) is 7.73. The summed E-state index contributed by atoms with van der Waals surface area (Å²) < 4.78 is 1.47. The number of carbonyl (C=O) groups excluding carboxylic acids is 1. The number of rotatable bonds is 3. The predicted molar refractivity (Wildman–Crippen MR) is 95.3 cm³/mol. The molecule has 3 aromatic rings. The number of pyridine rings is 1. The van der Waals surface area contributed by atoms with Gasteiger partial charge in [-0.1, -0.05) is 35.3 Å². The van der Waals surface area contributed by atoms with Crippen LogP contribution < -0.4 is 11.1 Å². The Hall–Kier alpha value is -2.57. The van der Waals surface area contributed by atoms with Crippen LogP contribution in [0.4, 0.5) is 11.6 Å². The Morgan fingerprint density at radius 1 is 1.17 bits per heavy atom. The summed E-state index contributed by atoms with van der Waals surface area (Å²) in [5.41, 5.74) is 7.75. The van der Waals surface area contributed by atoms with E-state index in [1.807, 2.05) is 0 Å². The second kappa shape index (κ2) is 6.51. The molecule has 0 aliphatic carbocycles. The summed E-state index contributed by atoms with van der Waals surface area (Å²) >= 11 is 12.2. The van der Waals surface area contributed by atoms with Crippen LogP contribution in [0.3, 0.4) is 0 Å². The number of hydrogen-bond donors (Lipinski definition) is 2. The number of aryl methyl sites for hydroxylation is 1. The lowest BCUT2D eigenvalue weighted by atomic mass is 10.1. The highest BCUT2D eigenvalue weighted by atomic mass is 35.5. The summed E-state index contributed by atoms with van der Waals surface area (Å²) in [4.78, 5) is 16.4. The molecule has 8 heteroatoms. The van der Waals surface area contributed by atoms with E-state index in [2.05, 4.69) is 15.4 Å². The van der Waals surface area contributed by atoms with Crippen molar-refractivity contribution in [1.29, 1.82) is 0 Å². The number of amides is 1. The minimum absolute atomic E-state index is 0.238. The number of hydrogen-bond acceptors (Lipinski definition) is 4. The quantitative estimate of drug-likeness (QED) is 0.745. The topological polar surface area (TPSA) is 85.8 Å². The number of anilines is 2. The Labute approximate surface area is 148 Å². The van der Waals surface area contributed by atoms with Gasteiger partial charge >= 0.3 is 0 Å². The first-order valence-electron chi connectivity index (χ1n) is 6.97. The first kappa shape index (κ1) is 16.3. The van der Waals surface area contributed by atoms with Crippen molar-refractivity contribution in [2.75, 3.05) is 11.1 Å². The summed E-state index contributed by atoms with van der Waals surface area (Å²) in [7, 11) is 1.68. The third-order valence-corrected chi connectivity index (χ3v) is 4.28. The van der Waals surface area contributed by atoms with Crippen molar-refractivity contribution in [1.82, 2.24) is 14.8 Å². The molecule has 3 rings (SSSR count). The van der Waals surface area contributed by atoms with Crippen LogP contribution in [0.1, 0.15) is 10.5 Å². The maximum atomic E-state index is 12.2. The normalized spacial score (nSPS) is 10.6. The van der Waals surface area contributed by atoms with Gasteiger partial charge in [0, 0.05) is 24.4 Å². The molecule has 1 aromatic carbocycles. The summed E-state index contributed by atoms with van der Waals surface area (Å²) in [5, 5.41) is 7.47.